The van der Waals surface area contributed by atoms with Gasteiger partial charge in [0.2, 0.25) is 5.91 Å². The Labute approximate surface area is 78.5 Å². The fourth-order valence-corrected chi connectivity index (χ4v) is 0.831. The summed E-state index contributed by atoms with van der Waals surface area (Å²) in [5.41, 5.74) is 0. The number of aliphatic carboxylic acids is 1. The van der Waals surface area contributed by atoms with Crippen LogP contribution < -0.4 is 0 Å². The van der Waals surface area contributed by atoms with E-state index in [1.165, 1.54) is 0 Å². The third kappa shape index (κ3) is 4.50. The maximum atomic E-state index is 11.2. The molecule has 0 aliphatic carbocycles. The third-order valence-electron chi connectivity index (χ3n) is 2.11. The van der Waals surface area contributed by atoms with Crippen LogP contribution in [0.5, 0.6) is 0 Å². The topological polar surface area (TPSA) is 57.6 Å². The van der Waals surface area contributed by atoms with Gasteiger partial charge in [-0.15, -0.1) is 0 Å². The van der Waals surface area contributed by atoms with Crippen LogP contribution in [-0.4, -0.2) is 35.5 Å². The number of hydrogen-bond acceptors (Lipinski definition) is 2. The molecule has 0 saturated carbocycles. The van der Waals surface area contributed by atoms with Gasteiger partial charge in [-0.25, -0.2) is 0 Å². The van der Waals surface area contributed by atoms with Gasteiger partial charge in [-0.2, -0.15) is 0 Å². The van der Waals surface area contributed by atoms with Crippen molar-refractivity contribution in [1.29, 1.82) is 0 Å². The molecule has 0 aromatic heterocycles. The van der Waals surface area contributed by atoms with Gasteiger partial charge in [-0.3, -0.25) is 9.59 Å². The fourth-order valence-electron chi connectivity index (χ4n) is 0.831. The molecule has 0 bridgehead atoms. The van der Waals surface area contributed by atoms with Gasteiger partial charge in [0.1, 0.15) is 0 Å². The van der Waals surface area contributed by atoms with E-state index in [0.29, 0.717) is 19.4 Å². The van der Waals surface area contributed by atoms with Gasteiger partial charge in [0.25, 0.3) is 0 Å². The van der Waals surface area contributed by atoms with E-state index in [4.69, 9.17) is 5.11 Å². The van der Waals surface area contributed by atoms with Crippen LogP contribution in [0.2, 0.25) is 0 Å². The Kier molecular flexibility index (Phi) is 5.11. The first kappa shape index (κ1) is 11.9. The molecule has 0 fully saturated rings. The monoisotopic (exact) mass is 187 g/mol. The molecule has 0 aliphatic heterocycles. The summed E-state index contributed by atoms with van der Waals surface area (Å²) in [6.45, 7) is 4.17. The van der Waals surface area contributed by atoms with Crippen molar-refractivity contribution in [2.75, 3.05) is 13.6 Å². The lowest BCUT2D eigenvalue weighted by Gasteiger charge is -2.14. The number of carboxylic acids is 1. The lowest BCUT2D eigenvalue weighted by Crippen LogP contribution is -2.26. The Morgan fingerprint density at radius 1 is 1.46 bits per heavy atom. The van der Waals surface area contributed by atoms with Crippen LogP contribution in [0.3, 0.4) is 0 Å². The Hall–Kier alpha value is -1.06. The van der Waals surface area contributed by atoms with Gasteiger partial charge in [0, 0.05) is 20.0 Å². The highest BCUT2D eigenvalue weighted by Crippen LogP contribution is 2.06. The van der Waals surface area contributed by atoms with E-state index in [1.54, 1.807) is 18.9 Å². The predicted molar refractivity (Wildman–Crippen MR) is 49.3 cm³/mol. The SMILES string of the molecule is CCN(C)C(=O)CCC(C)C(=O)O. The Morgan fingerprint density at radius 3 is 2.38 bits per heavy atom. The normalized spacial score (nSPS) is 12.2. The summed E-state index contributed by atoms with van der Waals surface area (Å²) in [5.74, 6) is -1.27. The number of carbonyl (C=O) groups excluding carboxylic acids is 1. The fraction of sp³-hybridized carbons (Fsp3) is 0.778. The Balaban J connectivity index is 3.76. The zero-order valence-corrected chi connectivity index (χ0v) is 8.41. The lowest BCUT2D eigenvalue weighted by atomic mass is 10.1. The second-order valence-electron chi connectivity index (χ2n) is 3.19. The molecule has 1 amide bonds. The standard InChI is InChI=1S/C9H17NO3/c1-4-10(3)8(11)6-5-7(2)9(12)13/h7H,4-6H2,1-3H3,(H,12,13). The average molecular weight is 187 g/mol. The average Bonchev–Trinajstić information content (AvgIpc) is 2.11. The van der Waals surface area contributed by atoms with Crippen molar-refractivity contribution in [3.63, 3.8) is 0 Å². The molecule has 0 spiro atoms. The molecule has 0 aromatic carbocycles. The predicted octanol–water partition coefficient (Wildman–Crippen LogP) is 0.966. The van der Waals surface area contributed by atoms with Gasteiger partial charge in [0.05, 0.1) is 5.92 Å². The van der Waals surface area contributed by atoms with Gasteiger partial charge >= 0.3 is 5.97 Å². The van der Waals surface area contributed by atoms with Gasteiger partial charge in [-0.05, 0) is 13.3 Å². The van der Waals surface area contributed by atoms with Crippen LogP contribution in [0.1, 0.15) is 26.7 Å². The number of nitrogens with zero attached hydrogens (tertiary/aromatic N) is 1. The Bertz CT molecular complexity index is 191. The summed E-state index contributed by atoms with van der Waals surface area (Å²) in [6.07, 6.45) is 0.732. The summed E-state index contributed by atoms with van der Waals surface area (Å²) in [5, 5.41) is 8.57. The zero-order valence-electron chi connectivity index (χ0n) is 8.41. The minimum atomic E-state index is -0.841. The molecule has 0 saturated heterocycles. The molecule has 1 atom stereocenters. The van der Waals surface area contributed by atoms with Crippen molar-refractivity contribution in [3.8, 4) is 0 Å². The van der Waals surface area contributed by atoms with E-state index in [-0.39, 0.29) is 5.91 Å². The number of amides is 1. The van der Waals surface area contributed by atoms with E-state index in [0.717, 1.165) is 0 Å². The van der Waals surface area contributed by atoms with Crippen LogP contribution in [0.4, 0.5) is 0 Å². The molecular formula is C9H17NO3. The molecule has 0 radical (unpaired) electrons. The minimum absolute atomic E-state index is 0.00981. The summed E-state index contributed by atoms with van der Waals surface area (Å²) in [6, 6.07) is 0. The van der Waals surface area contributed by atoms with E-state index in [2.05, 4.69) is 0 Å². The molecular weight excluding hydrogens is 170 g/mol. The first-order valence-electron chi connectivity index (χ1n) is 4.45. The number of carboxylic acid groups (broad SMARTS) is 1. The van der Waals surface area contributed by atoms with Gasteiger partial charge < -0.3 is 10.0 Å². The highest BCUT2D eigenvalue weighted by atomic mass is 16.4. The first-order valence-corrected chi connectivity index (χ1v) is 4.45. The highest BCUT2D eigenvalue weighted by Gasteiger charge is 2.14. The maximum Gasteiger partial charge on any atom is 0.306 e. The molecule has 4 heteroatoms. The van der Waals surface area contributed by atoms with Crippen molar-refractivity contribution < 1.29 is 14.7 Å². The quantitative estimate of drug-likeness (QED) is 0.697. The lowest BCUT2D eigenvalue weighted by molar-refractivity contribution is -0.141. The summed E-state index contributed by atoms with van der Waals surface area (Å²) in [4.78, 5) is 23.3. The Morgan fingerprint density at radius 2 is 2.00 bits per heavy atom. The second-order valence-corrected chi connectivity index (χ2v) is 3.19. The number of rotatable bonds is 5. The van der Waals surface area contributed by atoms with Crippen molar-refractivity contribution in [2.24, 2.45) is 5.92 Å². The molecule has 0 rings (SSSR count). The minimum Gasteiger partial charge on any atom is -0.481 e. The molecule has 0 heterocycles. The van der Waals surface area contributed by atoms with Crippen molar-refractivity contribution >= 4 is 11.9 Å². The summed E-state index contributed by atoms with van der Waals surface area (Å²) in [7, 11) is 1.72. The van der Waals surface area contributed by atoms with Crippen LogP contribution >= 0.6 is 0 Å². The van der Waals surface area contributed by atoms with Crippen molar-refractivity contribution in [2.45, 2.75) is 26.7 Å². The largest absolute Gasteiger partial charge is 0.481 e. The maximum absolute atomic E-state index is 11.2. The first-order chi connectivity index (χ1) is 5.99. The molecule has 13 heavy (non-hydrogen) atoms. The van der Waals surface area contributed by atoms with E-state index < -0.39 is 11.9 Å². The van der Waals surface area contributed by atoms with Gasteiger partial charge in [-0.1, -0.05) is 6.92 Å². The van der Waals surface area contributed by atoms with E-state index in [9.17, 15) is 9.59 Å². The van der Waals surface area contributed by atoms with Crippen LogP contribution in [0.25, 0.3) is 0 Å². The van der Waals surface area contributed by atoms with Gasteiger partial charge in [0.15, 0.2) is 0 Å². The third-order valence-corrected chi connectivity index (χ3v) is 2.11. The highest BCUT2D eigenvalue weighted by molar-refractivity contribution is 5.77. The number of carbonyl (C=O) groups is 2. The van der Waals surface area contributed by atoms with Crippen molar-refractivity contribution in [1.82, 2.24) is 4.90 Å². The molecule has 1 N–H and O–H groups in total. The molecule has 0 aromatic rings. The summed E-state index contributed by atoms with van der Waals surface area (Å²) < 4.78 is 0. The summed E-state index contributed by atoms with van der Waals surface area (Å²) >= 11 is 0. The smallest absolute Gasteiger partial charge is 0.306 e. The molecule has 1 unspecified atom stereocenters. The second kappa shape index (κ2) is 5.56. The van der Waals surface area contributed by atoms with Crippen LogP contribution in [0.15, 0.2) is 0 Å². The van der Waals surface area contributed by atoms with E-state index >= 15 is 0 Å². The molecule has 0 aliphatic rings. The van der Waals surface area contributed by atoms with Crippen LogP contribution in [0, 0.1) is 5.92 Å². The van der Waals surface area contributed by atoms with E-state index in [1.807, 2.05) is 6.92 Å². The molecule has 76 valence electrons. The van der Waals surface area contributed by atoms with Crippen LogP contribution in [-0.2, 0) is 9.59 Å². The zero-order chi connectivity index (χ0) is 10.4. The van der Waals surface area contributed by atoms with Crippen molar-refractivity contribution in [3.05, 3.63) is 0 Å². The molecule has 4 nitrogen and oxygen atoms in total. The number of hydrogen-bond donors (Lipinski definition) is 1.